The average molecular weight is 329 g/mol. The molecule has 0 spiro atoms. The number of benzene rings is 2. The predicted molar refractivity (Wildman–Crippen MR) is 85.2 cm³/mol. The number of hydrogen-bond donors (Lipinski definition) is 2. The quantitative estimate of drug-likeness (QED) is 0.834. The summed E-state index contributed by atoms with van der Waals surface area (Å²) in [6.45, 7) is 0. The van der Waals surface area contributed by atoms with Crippen molar-refractivity contribution in [3.05, 3.63) is 59.2 Å². The molecule has 0 radical (unpaired) electrons. The standard InChI is InChI=1S/C17H15NO6/c1-23-16(21)10-7-11(17(22)24-2)9-12(8-10)18-15(20)13-5-3-4-6-14(13)19/h3-9,19H,1-2H3,(H,18,20). The lowest BCUT2D eigenvalue weighted by atomic mass is 10.1. The van der Waals surface area contributed by atoms with Gasteiger partial charge in [0, 0.05) is 5.69 Å². The zero-order valence-corrected chi connectivity index (χ0v) is 13.0. The number of rotatable bonds is 4. The number of methoxy groups -OCH3 is 2. The molecule has 0 aliphatic rings. The fraction of sp³-hybridized carbons (Fsp3) is 0.118. The van der Waals surface area contributed by atoms with E-state index >= 15 is 0 Å². The van der Waals surface area contributed by atoms with Crippen molar-refractivity contribution >= 4 is 23.5 Å². The number of phenols is 1. The first-order valence-corrected chi connectivity index (χ1v) is 6.87. The van der Waals surface area contributed by atoms with E-state index in [4.69, 9.17) is 0 Å². The molecule has 0 aliphatic heterocycles. The SMILES string of the molecule is COC(=O)c1cc(NC(=O)c2ccccc2O)cc(C(=O)OC)c1. The minimum Gasteiger partial charge on any atom is -0.507 e. The van der Waals surface area contributed by atoms with Gasteiger partial charge < -0.3 is 19.9 Å². The van der Waals surface area contributed by atoms with Crippen molar-refractivity contribution in [2.45, 2.75) is 0 Å². The van der Waals surface area contributed by atoms with E-state index < -0.39 is 17.8 Å². The Labute approximate surface area is 137 Å². The fourth-order valence-corrected chi connectivity index (χ4v) is 2.04. The number of nitrogens with one attached hydrogen (secondary N) is 1. The molecule has 0 bridgehead atoms. The van der Waals surface area contributed by atoms with Crippen LogP contribution >= 0.6 is 0 Å². The summed E-state index contributed by atoms with van der Waals surface area (Å²) in [7, 11) is 2.40. The number of carbonyl (C=O) groups is 3. The molecule has 2 aromatic rings. The van der Waals surface area contributed by atoms with Gasteiger partial charge in [-0.25, -0.2) is 9.59 Å². The maximum absolute atomic E-state index is 12.2. The molecule has 2 aromatic carbocycles. The highest BCUT2D eigenvalue weighted by molar-refractivity contribution is 6.07. The zero-order chi connectivity index (χ0) is 17.7. The second kappa shape index (κ2) is 7.28. The zero-order valence-electron chi connectivity index (χ0n) is 13.0. The molecular formula is C17H15NO6. The van der Waals surface area contributed by atoms with Gasteiger partial charge in [0.15, 0.2) is 0 Å². The van der Waals surface area contributed by atoms with Crippen LogP contribution in [-0.4, -0.2) is 37.2 Å². The van der Waals surface area contributed by atoms with E-state index in [1.54, 1.807) is 12.1 Å². The minimum absolute atomic E-state index is 0.0561. The summed E-state index contributed by atoms with van der Waals surface area (Å²) < 4.78 is 9.25. The molecule has 1 amide bonds. The molecule has 0 unspecified atom stereocenters. The lowest BCUT2D eigenvalue weighted by Gasteiger charge is -2.10. The highest BCUT2D eigenvalue weighted by atomic mass is 16.5. The van der Waals surface area contributed by atoms with Crippen LogP contribution in [0.5, 0.6) is 5.75 Å². The van der Waals surface area contributed by atoms with Crippen molar-refractivity contribution in [3.8, 4) is 5.75 Å². The Morgan fingerprint density at radius 2 is 1.46 bits per heavy atom. The highest BCUT2D eigenvalue weighted by Gasteiger charge is 2.16. The van der Waals surface area contributed by atoms with Crippen LogP contribution in [0.1, 0.15) is 31.1 Å². The van der Waals surface area contributed by atoms with Gasteiger partial charge in [0.25, 0.3) is 5.91 Å². The van der Waals surface area contributed by atoms with Crippen LogP contribution in [0.4, 0.5) is 5.69 Å². The molecule has 7 heteroatoms. The summed E-state index contributed by atoms with van der Waals surface area (Å²) in [4.78, 5) is 35.7. The smallest absolute Gasteiger partial charge is 0.337 e. The molecule has 7 nitrogen and oxygen atoms in total. The Morgan fingerprint density at radius 3 is 1.96 bits per heavy atom. The van der Waals surface area contributed by atoms with Crippen molar-refractivity contribution in [3.63, 3.8) is 0 Å². The number of phenolic OH excluding ortho intramolecular Hbond substituents is 1. The van der Waals surface area contributed by atoms with Crippen molar-refractivity contribution in [2.24, 2.45) is 0 Å². The second-order valence-electron chi connectivity index (χ2n) is 4.75. The molecule has 24 heavy (non-hydrogen) atoms. The van der Waals surface area contributed by atoms with Crippen LogP contribution < -0.4 is 5.32 Å². The van der Waals surface area contributed by atoms with Gasteiger partial charge in [-0.2, -0.15) is 0 Å². The number of anilines is 1. The van der Waals surface area contributed by atoms with E-state index in [1.165, 1.54) is 44.6 Å². The Kier molecular flexibility index (Phi) is 5.16. The molecule has 0 heterocycles. The molecular weight excluding hydrogens is 314 g/mol. The first-order valence-electron chi connectivity index (χ1n) is 6.87. The van der Waals surface area contributed by atoms with Crippen LogP contribution in [0.2, 0.25) is 0 Å². The largest absolute Gasteiger partial charge is 0.507 e. The number of esters is 2. The van der Waals surface area contributed by atoms with Crippen LogP contribution in [0.15, 0.2) is 42.5 Å². The number of hydrogen-bond acceptors (Lipinski definition) is 6. The molecule has 124 valence electrons. The van der Waals surface area contributed by atoms with Crippen molar-refractivity contribution in [2.75, 3.05) is 19.5 Å². The normalized spacial score (nSPS) is 9.92. The monoisotopic (exact) mass is 329 g/mol. The van der Waals surface area contributed by atoms with Gasteiger partial charge in [0.05, 0.1) is 30.9 Å². The predicted octanol–water partition coefficient (Wildman–Crippen LogP) is 2.22. The Bertz CT molecular complexity index is 765. The second-order valence-corrected chi connectivity index (χ2v) is 4.75. The van der Waals surface area contributed by atoms with E-state index in [-0.39, 0.29) is 28.1 Å². The summed E-state index contributed by atoms with van der Waals surface area (Å²) in [5, 5.41) is 12.2. The van der Waals surface area contributed by atoms with E-state index in [1.807, 2.05) is 0 Å². The molecule has 0 aromatic heterocycles. The Hall–Kier alpha value is -3.35. The number of carbonyl (C=O) groups excluding carboxylic acids is 3. The number of ether oxygens (including phenoxy) is 2. The van der Waals surface area contributed by atoms with Gasteiger partial charge in [0.1, 0.15) is 5.75 Å². The van der Waals surface area contributed by atoms with Crippen LogP contribution in [0.25, 0.3) is 0 Å². The number of aromatic hydroxyl groups is 1. The van der Waals surface area contributed by atoms with Crippen molar-refractivity contribution in [1.82, 2.24) is 0 Å². The molecule has 0 fully saturated rings. The fourth-order valence-electron chi connectivity index (χ4n) is 2.04. The molecule has 0 saturated carbocycles. The molecule has 0 atom stereocenters. The highest BCUT2D eigenvalue weighted by Crippen LogP contribution is 2.20. The summed E-state index contributed by atoms with van der Waals surface area (Å²) in [5.74, 6) is -2.11. The molecule has 2 N–H and O–H groups in total. The van der Waals surface area contributed by atoms with Crippen LogP contribution in [-0.2, 0) is 9.47 Å². The van der Waals surface area contributed by atoms with Gasteiger partial charge >= 0.3 is 11.9 Å². The summed E-state index contributed by atoms with van der Waals surface area (Å²) in [5.41, 5.74) is 0.396. The van der Waals surface area contributed by atoms with Gasteiger partial charge in [-0.3, -0.25) is 4.79 Å². The van der Waals surface area contributed by atoms with Crippen molar-refractivity contribution in [1.29, 1.82) is 0 Å². The minimum atomic E-state index is -0.668. The Balaban J connectivity index is 2.38. The van der Waals surface area contributed by atoms with Crippen LogP contribution in [0.3, 0.4) is 0 Å². The molecule has 0 aliphatic carbocycles. The average Bonchev–Trinajstić information content (AvgIpc) is 2.60. The van der Waals surface area contributed by atoms with Gasteiger partial charge in [0.2, 0.25) is 0 Å². The Morgan fingerprint density at radius 1 is 0.917 bits per heavy atom. The summed E-state index contributed by atoms with van der Waals surface area (Å²) in [6, 6.07) is 10.0. The van der Waals surface area contributed by atoms with Crippen molar-refractivity contribution < 1.29 is 29.0 Å². The molecule has 2 rings (SSSR count). The summed E-state index contributed by atoms with van der Waals surface area (Å²) in [6.07, 6.45) is 0. The van der Waals surface area contributed by atoms with Crippen LogP contribution in [0, 0.1) is 0 Å². The lowest BCUT2D eigenvalue weighted by Crippen LogP contribution is -2.14. The van der Waals surface area contributed by atoms with E-state index in [2.05, 4.69) is 14.8 Å². The van der Waals surface area contributed by atoms with Gasteiger partial charge in [-0.1, -0.05) is 12.1 Å². The van der Waals surface area contributed by atoms with E-state index in [9.17, 15) is 19.5 Å². The number of para-hydroxylation sites is 1. The lowest BCUT2D eigenvalue weighted by molar-refractivity contribution is 0.0599. The van der Waals surface area contributed by atoms with Gasteiger partial charge in [-0.05, 0) is 30.3 Å². The van der Waals surface area contributed by atoms with Gasteiger partial charge in [-0.15, -0.1) is 0 Å². The first kappa shape index (κ1) is 17.0. The first-order chi connectivity index (χ1) is 11.5. The third-order valence-corrected chi connectivity index (χ3v) is 3.18. The maximum Gasteiger partial charge on any atom is 0.337 e. The topological polar surface area (TPSA) is 102 Å². The summed E-state index contributed by atoms with van der Waals surface area (Å²) >= 11 is 0. The van der Waals surface area contributed by atoms with E-state index in [0.717, 1.165) is 0 Å². The third-order valence-electron chi connectivity index (χ3n) is 3.18. The third kappa shape index (κ3) is 3.70. The maximum atomic E-state index is 12.2. The molecule has 0 saturated heterocycles. The van der Waals surface area contributed by atoms with E-state index in [0.29, 0.717) is 0 Å². The number of amides is 1.